The largest absolute Gasteiger partial charge is 0.492 e. The summed E-state index contributed by atoms with van der Waals surface area (Å²) in [6, 6.07) is 9.44. The highest BCUT2D eigenvalue weighted by Crippen LogP contribution is 2.42. The van der Waals surface area contributed by atoms with E-state index in [1.165, 1.54) is 37.9 Å². The van der Waals surface area contributed by atoms with Gasteiger partial charge in [0.05, 0.1) is 12.1 Å². The van der Waals surface area contributed by atoms with Crippen LogP contribution in [0.4, 0.5) is 0 Å². The highest BCUT2D eigenvalue weighted by molar-refractivity contribution is 5.39. The summed E-state index contributed by atoms with van der Waals surface area (Å²) in [5.41, 5.74) is 1.34. The molecule has 0 amide bonds. The Labute approximate surface area is 127 Å². The summed E-state index contributed by atoms with van der Waals surface area (Å²) in [6.45, 7) is 6.60. The molecule has 1 N–H and O–H groups in total. The molecule has 2 heterocycles. The van der Waals surface area contributed by atoms with Gasteiger partial charge in [-0.25, -0.2) is 0 Å². The molecule has 3 aliphatic rings. The van der Waals surface area contributed by atoms with E-state index >= 15 is 0 Å². The van der Waals surface area contributed by atoms with Gasteiger partial charge in [-0.3, -0.25) is 4.90 Å². The highest BCUT2D eigenvalue weighted by Gasteiger charge is 2.42. The molecule has 1 aromatic rings. The minimum absolute atomic E-state index is 0.416. The fourth-order valence-corrected chi connectivity index (χ4v) is 4.67. The number of hydrogen-bond donors (Lipinski definition) is 1. The number of para-hydroxylation sites is 1. The van der Waals surface area contributed by atoms with Gasteiger partial charge in [0, 0.05) is 18.7 Å². The Kier molecular flexibility index (Phi) is 3.64. The van der Waals surface area contributed by atoms with E-state index in [0.29, 0.717) is 12.1 Å². The molecule has 3 heteroatoms. The molecule has 0 spiro atoms. The second-order valence-corrected chi connectivity index (χ2v) is 6.86. The summed E-state index contributed by atoms with van der Waals surface area (Å²) in [7, 11) is 0. The van der Waals surface area contributed by atoms with Crippen LogP contribution in [0.3, 0.4) is 0 Å². The number of nitrogens with zero attached hydrogens (tertiary/aromatic N) is 1. The summed E-state index contributed by atoms with van der Waals surface area (Å²) in [5.74, 6) is 2.97. The van der Waals surface area contributed by atoms with E-state index in [0.717, 1.165) is 30.7 Å². The van der Waals surface area contributed by atoms with E-state index in [4.69, 9.17) is 4.74 Å². The normalized spacial score (nSPS) is 35.3. The van der Waals surface area contributed by atoms with Crippen LogP contribution in [0.1, 0.15) is 37.8 Å². The van der Waals surface area contributed by atoms with Crippen molar-refractivity contribution in [1.82, 2.24) is 10.2 Å². The van der Waals surface area contributed by atoms with Crippen molar-refractivity contribution >= 4 is 0 Å². The van der Waals surface area contributed by atoms with Gasteiger partial charge in [-0.1, -0.05) is 31.5 Å². The van der Waals surface area contributed by atoms with Gasteiger partial charge >= 0.3 is 0 Å². The molecular weight excluding hydrogens is 260 g/mol. The van der Waals surface area contributed by atoms with Gasteiger partial charge in [0.1, 0.15) is 12.4 Å². The topological polar surface area (TPSA) is 24.5 Å². The lowest BCUT2D eigenvalue weighted by atomic mass is 9.95. The monoisotopic (exact) mass is 286 g/mol. The third kappa shape index (κ3) is 2.36. The average Bonchev–Trinajstić information content (AvgIpc) is 3.09. The van der Waals surface area contributed by atoms with Crippen molar-refractivity contribution < 1.29 is 4.74 Å². The number of nitrogens with one attached hydrogen (secondary N) is 1. The molecule has 21 heavy (non-hydrogen) atoms. The first-order valence-corrected chi connectivity index (χ1v) is 8.56. The maximum atomic E-state index is 6.07. The third-order valence-corrected chi connectivity index (χ3v) is 5.70. The third-order valence-electron chi connectivity index (χ3n) is 5.70. The maximum absolute atomic E-state index is 6.07. The molecule has 0 radical (unpaired) electrons. The summed E-state index contributed by atoms with van der Waals surface area (Å²) in [5, 5.41) is 3.71. The van der Waals surface area contributed by atoms with E-state index < -0.39 is 0 Å². The number of benzene rings is 1. The van der Waals surface area contributed by atoms with Crippen LogP contribution < -0.4 is 10.1 Å². The minimum Gasteiger partial charge on any atom is -0.492 e. The van der Waals surface area contributed by atoms with Gasteiger partial charge < -0.3 is 10.1 Å². The van der Waals surface area contributed by atoms with Crippen molar-refractivity contribution in [1.29, 1.82) is 0 Å². The van der Waals surface area contributed by atoms with Crippen LogP contribution in [0.15, 0.2) is 24.3 Å². The summed E-state index contributed by atoms with van der Waals surface area (Å²) in [4.78, 5) is 2.71. The molecule has 2 aliphatic heterocycles. The van der Waals surface area contributed by atoms with Crippen LogP contribution in [-0.4, -0.2) is 37.2 Å². The highest BCUT2D eigenvalue weighted by atomic mass is 16.5. The molecule has 114 valence electrons. The van der Waals surface area contributed by atoms with Gasteiger partial charge in [-0.2, -0.15) is 0 Å². The Balaban J connectivity index is 1.57. The van der Waals surface area contributed by atoms with Crippen molar-refractivity contribution in [3.63, 3.8) is 0 Å². The quantitative estimate of drug-likeness (QED) is 0.925. The van der Waals surface area contributed by atoms with E-state index in [9.17, 15) is 0 Å². The average molecular weight is 286 g/mol. The predicted molar refractivity (Wildman–Crippen MR) is 84.5 cm³/mol. The summed E-state index contributed by atoms with van der Waals surface area (Å²) >= 11 is 0. The lowest BCUT2D eigenvalue weighted by molar-refractivity contribution is 0.0987. The van der Waals surface area contributed by atoms with Crippen LogP contribution in [0.2, 0.25) is 0 Å². The van der Waals surface area contributed by atoms with Crippen LogP contribution in [0.5, 0.6) is 5.75 Å². The van der Waals surface area contributed by atoms with Gasteiger partial charge in [-0.05, 0) is 37.3 Å². The van der Waals surface area contributed by atoms with Gasteiger partial charge in [0.2, 0.25) is 0 Å². The molecule has 0 aromatic heterocycles. The van der Waals surface area contributed by atoms with Crippen LogP contribution in [-0.2, 0) is 0 Å². The molecule has 1 aliphatic carbocycles. The number of hydrogen-bond acceptors (Lipinski definition) is 3. The van der Waals surface area contributed by atoms with Gasteiger partial charge in [0.25, 0.3) is 0 Å². The molecule has 0 bridgehead atoms. The predicted octanol–water partition coefficient (Wildman–Crippen LogP) is 2.83. The molecule has 1 aromatic carbocycles. The zero-order chi connectivity index (χ0) is 14.2. The minimum atomic E-state index is 0.416. The lowest BCUT2D eigenvalue weighted by Crippen LogP contribution is -2.49. The first kappa shape index (κ1) is 13.6. The molecule has 4 atom stereocenters. The second kappa shape index (κ2) is 5.62. The van der Waals surface area contributed by atoms with E-state index in [1.54, 1.807) is 0 Å². The van der Waals surface area contributed by atoms with Crippen LogP contribution >= 0.6 is 0 Å². The lowest BCUT2D eigenvalue weighted by Gasteiger charge is -2.39. The Hall–Kier alpha value is -1.06. The number of rotatable bonds is 3. The van der Waals surface area contributed by atoms with E-state index in [1.807, 2.05) is 0 Å². The Bertz CT molecular complexity index is 492. The number of likely N-dealkylation sites (tertiary alicyclic amines) is 1. The fraction of sp³-hybridized carbons (Fsp3) is 0.667. The van der Waals surface area contributed by atoms with E-state index in [-0.39, 0.29) is 0 Å². The molecule has 2 fully saturated rings. The number of ether oxygens (including phenoxy) is 1. The Morgan fingerprint density at radius 1 is 1.19 bits per heavy atom. The van der Waals surface area contributed by atoms with Gasteiger partial charge in [-0.15, -0.1) is 0 Å². The Morgan fingerprint density at radius 2 is 1.95 bits per heavy atom. The van der Waals surface area contributed by atoms with Crippen LogP contribution in [0.25, 0.3) is 0 Å². The van der Waals surface area contributed by atoms with Gasteiger partial charge in [0.15, 0.2) is 0 Å². The Morgan fingerprint density at radius 3 is 2.71 bits per heavy atom. The SMILES string of the molecule is CCNC1c2ccccc2OCC1N1CC2CCCC2C1. The molecule has 4 unspecified atom stereocenters. The number of fused-ring (bicyclic) bond motifs is 2. The molecule has 3 nitrogen and oxygen atoms in total. The van der Waals surface area contributed by atoms with Crippen LogP contribution in [0, 0.1) is 11.8 Å². The summed E-state index contributed by atoms with van der Waals surface area (Å²) < 4.78 is 6.07. The van der Waals surface area contributed by atoms with Crippen molar-refractivity contribution in [3.05, 3.63) is 29.8 Å². The summed E-state index contributed by atoms with van der Waals surface area (Å²) in [6.07, 6.45) is 4.33. The van der Waals surface area contributed by atoms with Crippen molar-refractivity contribution in [2.24, 2.45) is 11.8 Å². The van der Waals surface area contributed by atoms with E-state index in [2.05, 4.69) is 41.4 Å². The zero-order valence-electron chi connectivity index (χ0n) is 12.9. The molecule has 1 saturated heterocycles. The smallest absolute Gasteiger partial charge is 0.124 e. The first-order chi connectivity index (χ1) is 10.4. The fourth-order valence-electron chi connectivity index (χ4n) is 4.67. The maximum Gasteiger partial charge on any atom is 0.124 e. The first-order valence-electron chi connectivity index (χ1n) is 8.56. The molecule has 1 saturated carbocycles. The standard InChI is InChI=1S/C18H26N2O/c1-2-19-18-15-8-3-4-9-17(15)21-12-16(18)20-10-13-6-5-7-14(13)11-20/h3-4,8-9,13-14,16,18-19H,2,5-7,10-12H2,1H3. The number of likely N-dealkylation sites (N-methyl/N-ethyl adjacent to an activating group) is 1. The molecular formula is C18H26N2O. The van der Waals surface area contributed by atoms with Crippen molar-refractivity contribution in [2.75, 3.05) is 26.2 Å². The molecule has 4 rings (SSSR count). The van der Waals surface area contributed by atoms with Crippen molar-refractivity contribution in [2.45, 2.75) is 38.3 Å². The van der Waals surface area contributed by atoms with Crippen molar-refractivity contribution in [3.8, 4) is 5.75 Å². The second-order valence-electron chi connectivity index (χ2n) is 6.86. The zero-order valence-corrected chi connectivity index (χ0v) is 12.9.